The van der Waals surface area contributed by atoms with Crippen molar-refractivity contribution in [3.63, 3.8) is 0 Å². The molecule has 0 heterocycles. The van der Waals surface area contributed by atoms with Gasteiger partial charge in [0.15, 0.2) is 0 Å². The first-order valence-electron chi connectivity index (χ1n) is 12.7. The summed E-state index contributed by atoms with van der Waals surface area (Å²) in [4.78, 5) is 27.8. The Labute approximate surface area is 227 Å². The number of hydrogen-bond donors (Lipinski definition) is 2. The Morgan fingerprint density at radius 1 is 0.789 bits per heavy atom. The third kappa shape index (κ3) is 6.50. The number of benzene rings is 4. The van der Waals surface area contributed by atoms with Crippen LogP contribution >= 0.6 is 11.8 Å². The molecule has 0 saturated carbocycles. The zero-order valence-corrected chi connectivity index (χ0v) is 22.4. The lowest BCUT2D eigenvalue weighted by Crippen LogP contribution is -2.57. The summed E-state index contributed by atoms with van der Waals surface area (Å²) >= 11 is 1.73. The molecule has 38 heavy (non-hydrogen) atoms. The van der Waals surface area contributed by atoms with Crippen LogP contribution < -0.4 is 10.6 Å². The lowest BCUT2D eigenvalue weighted by molar-refractivity contribution is -0.121. The molecule has 0 radical (unpaired) electrons. The molecule has 0 spiro atoms. The molecular formula is C32H31FN2O2S. The van der Waals surface area contributed by atoms with Crippen LogP contribution in [0, 0.1) is 5.82 Å². The van der Waals surface area contributed by atoms with Gasteiger partial charge in [0.2, 0.25) is 0 Å². The second-order valence-corrected chi connectivity index (χ2v) is 9.97. The molecule has 6 heteroatoms. The number of nitrogens with one attached hydrogen (secondary N) is 2. The molecule has 0 bridgehead atoms. The first kappa shape index (κ1) is 27.1. The molecule has 194 valence electrons. The lowest BCUT2D eigenvalue weighted by Gasteiger charge is -2.29. The van der Waals surface area contributed by atoms with Crippen LogP contribution in [-0.2, 0) is 23.4 Å². The van der Waals surface area contributed by atoms with Crippen molar-refractivity contribution < 1.29 is 14.0 Å². The SMILES string of the molecule is CC.O=C(NC1(C(=O)Nc2ccc(SCc3ccccc3)cc2)Cc2ccccc2C1)c1ccc(F)cc1. The molecular weight excluding hydrogens is 495 g/mol. The van der Waals surface area contributed by atoms with Crippen LogP contribution in [0.25, 0.3) is 0 Å². The van der Waals surface area contributed by atoms with Gasteiger partial charge in [-0.1, -0.05) is 68.4 Å². The molecule has 0 aliphatic heterocycles. The number of amides is 2. The van der Waals surface area contributed by atoms with Crippen molar-refractivity contribution in [1.29, 1.82) is 0 Å². The van der Waals surface area contributed by atoms with E-state index >= 15 is 0 Å². The summed E-state index contributed by atoms with van der Waals surface area (Å²) in [5.41, 5.74) is 3.13. The van der Waals surface area contributed by atoms with Crippen LogP contribution in [0.2, 0.25) is 0 Å². The fourth-order valence-electron chi connectivity index (χ4n) is 4.44. The van der Waals surface area contributed by atoms with Crippen molar-refractivity contribution in [3.8, 4) is 0 Å². The van der Waals surface area contributed by atoms with Crippen molar-refractivity contribution in [2.45, 2.75) is 42.9 Å². The minimum atomic E-state index is -1.14. The summed E-state index contributed by atoms with van der Waals surface area (Å²) in [6.45, 7) is 4.00. The molecule has 1 aliphatic carbocycles. The summed E-state index contributed by atoms with van der Waals surface area (Å²) < 4.78 is 13.3. The number of anilines is 1. The quantitative estimate of drug-likeness (QED) is 0.254. The first-order chi connectivity index (χ1) is 18.5. The largest absolute Gasteiger partial charge is 0.337 e. The van der Waals surface area contributed by atoms with Crippen molar-refractivity contribution in [2.75, 3.05) is 5.32 Å². The van der Waals surface area contributed by atoms with Gasteiger partial charge in [-0.2, -0.15) is 0 Å². The fourth-order valence-corrected chi connectivity index (χ4v) is 5.29. The van der Waals surface area contributed by atoms with Gasteiger partial charge in [0, 0.05) is 34.7 Å². The van der Waals surface area contributed by atoms with Gasteiger partial charge < -0.3 is 10.6 Å². The van der Waals surface area contributed by atoms with Crippen LogP contribution in [0.3, 0.4) is 0 Å². The van der Waals surface area contributed by atoms with Crippen molar-refractivity contribution in [2.24, 2.45) is 0 Å². The Balaban J connectivity index is 0.00000164. The second-order valence-electron chi connectivity index (χ2n) is 8.92. The van der Waals surface area contributed by atoms with E-state index in [9.17, 15) is 14.0 Å². The van der Waals surface area contributed by atoms with E-state index in [4.69, 9.17) is 0 Å². The van der Waals surface area contributed by atoms with Gasteiger partial charge in [0.1, 0.15) is 11.4 Å². The number of halogens is 1. The average molecular weight is 527 g/mol. The first-order valence-corrected chi connectivity index (χ1v) is 13.7. The number of carbonyl (C=O) groups is 2. The minimum absolute atomic E-state index is 0.279. The van der Waals surface area contributed by atoms with E-state index in [2.05, 4.69) is 22.8 Å². The minimum Gasteiger partial charge on any atom is -0.337 e. The molecule has 4 nitrogen and oxygen atoms in total. The summed E-state index contributed by atoms with van der Waals surface area (Å²) in [5, 5.41) is 5.97. The number of rotatable bonds is 7. The monoisotopic (exact) mass is 526 g/mol. The molecule has 2 N–H and O–H groups in total. The summed E-state index contributed by atoms with van der Waals surface area (Å²) in [6.07, 6.45) is 0.764. The maximum Gasteiger partial charge on any atom is 0.252 e. The van der Waals surface area contributed by atoms with Gasteiger partial charge in [-0.3, -0.25) is 9.59 Å². The highest BCUT2D eigenvalue weighted by atomic mass is 32.2. The molecule has 0 aromatic heterocycles. The van der Waals surface area contributed by atoms with Gasteiger partial charge in [-0.25, -0.2) is 4.39 Å². The van der Waals surface area contributed by atoms with Crippen molar-refractivity contribution in [3.05, 3.63) is 131 Å². The highest BCUT2D eigenvalue weighted by Crippen LogP contribution is 2.32. The molecule has 0 unspecified atom stereocenters. The topological polar surface area (TPSA) is 58.2 Å². The summed E-state index contributed by atoms with van der Waals surface area (Å²) in [5.74, 6) is -0.245. The van der Waals surface area contributed by atoms with E-state index in [1.165, 1.54) is 29.8 Å². The summed E-state index contributed by atoms with van der Waals surface area (Å²) in [7, 11) is 0. The Kier molecular flexibility index (Phi) is 8.98. The third-order valence-corrected chi connectivity index (χ3v) is 7.44. The molecule has 5 rings (SSSR count). The van der Waals surface area contributed by atoms with Crippen molar-refractivity contribution in [1.82, 2.24) is 5.32 Å². The maximum atomic E-state index is 13.6. The summed E-state index contributed by atoms with van der Waals surface area (Å²) in [6, 6.07) is 31.1. The second kappa shape index (κ2) is 12.6. The highest BCUT2D eigenvalue weighted by molar-refractivity contribution is 7.98. The molecule has 4 aromatic carbocycles. The van der Waals surface area contributed by atoms with E-state index in [0.29, 0.717) is 24.1 Å². The Bertz CT molecular complexity index is 1350. The van der Waals surface area contributed by atoms with E-state index < -0.39 is 17.3 Å². The van der Waals surface area contributed by atoms with E-state index in [1.807, 2.05) is 80.6 Å². The molecule has 0 fully saturated rings. The average Bonchev–Trinajstić information content (AvgIpc) is 3.34. The van der Waals surface area contributed by atoms with Crippen LogP contribution in [-0.4, -0.2) is 17.4 Å². The Morgan fingerprint density at radius 3 is 1.97 bits per heavy atom. The fraction of sp³-hybridized carbons (Fsp3) is 0.188. The molecule has 0 atom stereocenters. The predicted molar refractivity (Wildman–Crippen MR) is 153 cm³/mol. The normalized spacial score (nSPS) is 13.0. The zero-order chi connectivity index (χ0) is 27.0. The van der Waals surface area contributed by atoms with Crippen molar-refractivity contribution >= 4 is 29.3 Å². The van der Waals surface area contributed by atoms with Crippen LogP contribution in [0.4, 0.5) is 10.1 Å². The van der Waals surface area contributed by atoms with Gasteiger partial charge in [0.25, 0.3) is 11.8 Å². The van der Waals surface area contributed by atoms with Gasteiger partial charge in [0.05, 0.1) is 0 Å². The molecule has 1 aliphatic rings. The predicted octanol–water partition coefficient (Wildman–Crippen LogP) is 7.05. The number of thioether (sulfide) groups is 1. The zero-order valence-electron chi connectivity index (χ0n) is 21.5. The number of carbonyl (C=O) groups excluding carboxylic acids is 2. The number of hydrogen-bond acceptors (Lipinski definition) is 3. The van der Waals surface area contributed by atoms with Gasteiger partial charge in [-0.15, -0.1) is 11.8 Å². The van der Waals surface area contributed by atoms with Crippen LogP contribution in [0.5, 0.6) is 0 Å². The molecule has 0 saturated heterocycles. The van der Waals surface area contributed by atoms with Gasteiger partial charge in [-0.05, 0) is 65.2 Å². The molecule has 2 amide bonds. The van der Waals surface area contributed by atoms with Crippen LogP contribution in [0.15, 0.2) is 108 Å². The van der Waals surface area contributed by atoms with E-state index in [0.717, 1.165) is 21.8 Å². The highest BCUT2D eigenvalue weighted by Gasteiger charge is 2.45. The standard InChI is InChI=1S/C30H25FN2O2S.C2H6/c31-25-12-10-22(11-13-25)28(34)33-30(18-23-8-4-5-9-24(23)19-30)29(35)32-26-14-16-27(17-15-26)36-20-21-6-2-1-3-7-21;1-2/h1-17H,18-20H2,(H,32,35)(H,33,34);1-2H3. The van der Waals surface area contributed by atoms with Gasteiger partial charge >= 0.3 is 0 Å². The maximum absolute atomic E-state index is 13.6. The third-order valence-electron chi connectivity index (χ3n) is 6.36. The van der Waals surface area contributed by atoms with E-state index in [1.54, 1.807) is 11.8 Å². The Morgan fingerprint density at radius 2 is 1.37 bits per heavy atom. The van der Waals surface area contributed by atoms with Crippen LogP contribution in [0.1, 0.15) is 40.9 Å². The lowest BCUT2D eigenvalue weighted by atomic mass is 9.93. The molecule has 4 aromatic rings. The smallest absolute Gasteiger partial charge is 0.252 e. The Hall–Kier alpha value is -3.90. The number of fused-ring (bicyclic) bond motifs is 1. The van der Waals surface area contributed by atoms with E-state index in [-0.39, 0.29) is 5.91 Å².